The normalized spacial score (nSPS) is 25.4. The molecule has 0 saturated heterocycles. The molecule has 0 bridgehead atoms. The molecule has 4 rings (SSSR count). The second kappa shape index (κ2) is 10.6. The second-order valence-electron chi connectivity index (χ2n) is 10.0. The minimum Gasteiger partial charge on any atom is -0.429 e. The smallest absolute Gasteiger partial charge is 0.387 e. The topological polar surface area (TPSA) is 9.23 Å². The molecule has 2 unspecified atom stereocenters. The van der Waals surface area contributed by atoms with Gasteiger partial charge in [0.2, 0.25) is 0 Å². The van der Waals surface area contributed by atoms with Gasteiger partial charge in [-0.15, -0.1) is 0 Å². The molecule has 0 aromatic heterocycles. The van der Waals surface area contributed by atoms with Crippen molar-refractivity contribution >= 4 is 10.8 Å². The average Bonchev–Trinajstić information content (AvgIpc) is 2.78. The Bertz CT molecular complexity index is 959. The van der Waals surface area contributed by atoms with Crippen LogP contribution >= 0.6 is 0 Å². The standard InChI is InChI=1S/C27H33F5O/c1-2-3-4-5-6-16-7-8-18-12-19(10-9-17(18)11-16)20-13-21-15-23(29)26(33-27(31)32)25(30)24(21)22(28)14-20/h13-19,27H,2-12H2,1H3/t16-,17?,18-,19?/m1/s1. The first kappa shape index (κ1) is 24.3. The minimum atomic E-state index is -3.39. The average molecular weight is 469 g/mol. The van der Waals surface area contributed by atoms with Gasteiger partial charge in [0.15, 0.2) is 17.4 Å². The highest BCUT2D eigenvalue weighted by molar-refractivity contribution is 5.86. The maximum atomic E-state index is 14.9. The highest BCUT2D eigenvalue weighted by Crippen LogP contribution is 2.49. The summed E-state index contributed by atoms with van der Waals surface area (Å²) in [7, 11) is 0. The fourth-order valence-electron chi connectivity index (χ4n) is 6.26. The molecule has 0 aliphatic heterocycles. The highest BCUT2D eigenvalue weighted by atomic mass is 19.3. The van der Waals surface area contributed by atoms with Gasteiger partial charge < -0.3 is 4.74 Å². The molecule has 2 aromatic rings. The van der Waals surface area contributed by atoms with Gasteiger partial charge in [-0.3, -0.25) is 0 Å². The molecule has 2 aliphatic rings. The molecular formula is C27H33F5O. The number of unbranched alkanes of at least 4 members (excludes halogenated alkanes) is 3. The molecule has 0 amide bonds. The number of hydrogen-bond acceptors (Lipinski definition) is 1. The van der Waals surface area contributed by atoms with Gasteiger partial charge in [-0.05, 0) is 78.9 Å². The Morgan fingerprint density at radius 2 is 1.64 bits per heavy atom. The lowest BCUT2D eigenvalue weighted by Gasteiger charge is -2.42. The van der Waals surface area contributed by atoms with Crippen molar-refractivity contribution in [3.05, 3.63) is 41.2 Å². The Morgan fingerprint density at radius 1 is 0.879 bits per heavy atom. The third-order valence-corrected chi connectivity index (χ3v) is 7.93. The highest BCUT2D eigenvalue weighted by Gasteiger charge is 2.36. The van der Waals surface area contributed by atoms with Crippen molar-refractivity contribution in [3.8, 4) is 5.75 Å². The largest absolute Gasteiger partial charge is 0.429 e. The summed E-state index contributed by atoms with van der Waals surface area (Å²) in [6, 6.07) is 3.79. The van der Waals surface area contributed by atoms with Gasteiger partial charge in [-0.1, -0.05) is 51.5 Å². The van der Waals surface area contributed by atoms with Crippen LogP contribution < -0.4 is 4.74 Å². The van der Waals surface area contributed by atoms with Crippen LogP contribution in [0.3, 0.4) is 0 Å². The van der Waals surface area contributed by atoms with Gasteiger partial charge >= 0.3 is 6.61 Å². The maximum absolute atomic E-state index is 14.9. The summed E-state index contributed by atoms with van der Waals surface area (Å²) in [6.45, 7) is -1.16. The molecule has 4 atom stereocenters. The summed E-state index contributed by atoms with van der Waals surface area (Å²) >= 11 is 0. The summed E-state index contributed by atoms with van der Waals surface area (Å²) in [5.41, 5.74) is 0.737. The number of fused-ring (bicyclic) bond motifs is 2. The van der Waals surface area contributed by atoms with E-state index in [2.05, 4.69) is 11.7 Å². The van der Waals surface area contributed by atoms with Crippen LogP contribution in [0.25, 0.3) is 10.8 Å². The fourth-order valence-corrected chi connectivity index (χ4v) is 6.26. The molecule has 2 aromatic carbocycles. The van der Waals surface area contributed by atoms with Crippen molar-refractivity contribution in [1.29, 1.82) is 0 Å². The van der Waals surface area contributed by atoms with Crippen LogP contribution in [0.5, 0.6) is 5.75 Å². The summed E-state index contributed by atoms with van der Waals surface area (Å²) in [5, 5.41) is -0.465. The van der Waals surface area contributed by atoms with Gasteiger partial charge in [0.1, 0.15) is 5.82 Å². The molecule has 2 aliphatic carbocycles. The van der Waals surface area contributed by atoms with E-state index in [0.29, 0.717) is 5.92 Å². The Kier molecular flexibility index (Phi) is 7.80. The van der Waals surface area contributed by atoms with Gasteiger partial charge in [0, 0.05) is 0 Å². The van der Waals surface area contributed by atoms with Crippen molar-refractivity contribution in [2.24, 2.45) is 17.8 Å². The number of ether oxygens (including phenoxy) is 1. The predicted octanol–water partition coefficient (Wildman–Crippen LogP) is 9.13. The van der Waals surface area contributed by atoms with E-state index in [-0.39, 0.29) is 11.3 Å². The van der Waals surface area contributed by atoms with Gasteiger partial charge in [0.05, 0.1) is 5.39 Å². The molecule has 0 N–H and O–H groups in total. The van der Waals surface area contributed by atoms with Crippen molar-refractivity contribution in [3.63, 3.8) is 0 Å². The Morgan fingerprint density at radius 3 is 2.39 bits per heavy atom. The molecule has 0 radical (unpaired) electrons. The van der Waals surface area contributed by atoms with Crippen LogP contribution in [0.1, 0.15) is 89.0 Å². The monoisotopic (exact) mass is 468 g/mol. The third kappa shape index (κ3) is 5.46. The lowest BCUT2D eigenvalue weighted by molar-refractivity contribution is -0.0544. The summed E-state index contributed by atoms with van der Waals surface area (Å²) < 4.78 is 72.6. The van der Waals surface area contributed by atoms with Crippen molar-refractivity contribution in [2.75, 3.05) is 0 Å². The van der Waals surface area contributed by atoms with Crippen LogP contribution in [0, 0.1) is 35.2 Å². The van der Waals surface area contributed by atoms with E-state index < -0.39 is 35.2 Å². The summed E-state index contributed by atoms with van der Waals surface area (Å²) in [5.74, 6) is -2.46. The number of rotatable bonds is 8. The van der Waals surface area contributed by atoms with E-state index in [4.69, 9.17) is 0 Å². The zero-order chi connectivity index (χ0) is 23.5. The van der Waals surface area contributed by atoms with E-state index in [0.717, 1.165) is 42.7 Å². The Labute approximate surface area is 192 Å². The van der Waals surface area contributed by atoms with Gasteiger partial charge in [0.25, 0.3) is 0 Å². The van der Waals surface area contributed by atoms with Crippen molar-refractivity contribution in [1.82, 2.24) is 0 Å². The Balaban J connectivity index is 1.46. The number of benzene rings is 2. The van der Waals surface area contributed by atoms with Crippen LogP contribution in [-0.2, 0) is 0 Å². The molecule has 6 heteroatoms. The molecule has 2 saturated carbocycles. The third-order valence-electron chi connectivity index (χ3n) is 7.93. The first-order valence-electron chi connectivity index (χ1n) is 12.4. The quantitative estimate of drug-likeness (QED) is 0.277. The Hall–Kier alpha value is -1.85. The van der Waals surface area contributed by atoms with Crippen LogP contribution in [0.15, 0.2) is 18.2 Å². The van der Waals surface area contributed by atoms with E-state index in [9.17, 15) is 22.0 Å². The van der Waals surface area contributed by atoms with E-state index >= 15 is 0 Å². The van der Waals surface area contributed by atoms with Crippen LogP contribution in [-0.4, -0.2) is 6.61 Å². The van der Waals surface area contributed by atoms with Gasteiger partial charge in [-0.25, -0.2) is 13.2 Å². The molecule has 33 heavy (non-hydrogen) atoms. The number of alkyl halides is 2. The zero-order valence-corrected chi connectivity index (χ0v) is 19.2. The molecule has 0 spiro atoms. The van der Waals surface area contributed by atoms with Crippen molar-refractivity contribution in [2.45, 2.75) is 90.1 Å². The fraction of sp³-hybridized carbons (Fsp3) is 0.630. The molecule has 182 valence electrons. The SMILES string of the molecule is CCCCCC[C@@H]1CC[C@@H]2CC(c3cc(F)c4c(F)c(OC(F)F)c(F)cc4c3)CCC2C1. The van der Waals surface area contributed by atoms with Crippen LogP contribution in [0.4, 0.5) is 22.0 Å². The zero-order valence-electron chi connectivity index (χ0n) is 19.2. The molecule has 2 fully saturated rings. The van der Waals surface area contributed by atoms with E-state index in [1.165, 1.54) is 57.4 Å². The molecule has 1 nitrogen and oxygen atoms in total. The van der Waals surface area contributed by atoms with E-state index in [1.807, 2.05) is 0 Å². The van der Waals surface area contributed by atoms with Gasteiger partial charge in [-0.2, -0.15) is 8.78 Å². The minimum absolute atomic E-state index is 0.0412. The summed E-state index contributed by atoms with van der Waals surface area (Å²) in [6.07, 6.45) is 13.3. The number of hydrogen-bond donors (Lipinski definition) is 0. The lowest BCUT2D eigenvalue weighted by Crippen LogP contribution is -2.30. The van der Waals surface area contributed by atoms with E-state index in [1.54, 1.807) is 6.07 Å². The second-order valence-corrected chi connectivity index (χ2v) is 10.0. The summed E-state index contributed by atoms with van der Waals surface area (Å²) in [4.78, 5) is 0. The van der Waals surface area contributed by atoms with Crippen LogP contribution in [0.2, 0.25) is 0 Å². The first-order chi connectivity index (χ1) is 15.9. The first-order valence-corrected chi connectivity index (χ1v) is 12.4. The molecular weight excluding hydrogens is 435 g/mol. The predicted molar refractivity (Wildman–Crippen MR) is 120 cm³/mol. The molecule has 0 heterocycles. The number of halogens is 5. The lowest BCUT2D eigenvalue weighted by atomic mass is 9.63. The van der Waals surface area contributed by atoms with Crippen molar-refractivity contribution < 1.29 is 26.7 Å². The maximum Gasteiger partial charge on any atom is 0.387 e.